The maximum absolute atomic E-state index is 12.8. The SMILES string of the molecule is Fc1ccc(Br)c(I)c1C(F)(F)F. The Kier molecular flexibility index (Phi) is 3.21. The summed E-state index contributed by atoms with van der Waals surface area (Å²) in [6.45, 7) is 0. The highest BCUT2D eigenvalue weighted by Crippen LogP contribution is 2.37. The van der Waals surface area contributed by atoms with Gasteiger partial charge in [-0.2, -0.15) is 13.2 Å². The number of alkyl halides is 3. The molecule has 6 heteroatoms. The van der Waals surface area contributed by atoms with E-state index in [4.69, 9.17) is 0 Å². The van der Waals surface area contributed by atoms with Crippen molar-refractivity contribution in [2.75, 3.05) is 0 Å². The molecule has 13 heavy (non-hydrogen) atoms. The van der Waals surface area contributed by atoms with Gasteiger partial charge in [-0.25, -0.2) is 4.39 Å². The van der Waals surface area contributed by atoms with Crippen molar-refractivity contribution in [2.24, 2.45) is 0 Å². The topological polar surface area (TPSA) is 0 Å². The van der Waals surface area contributed by atoms with Crippen LogP contribution in [0.1, 0.15) is 5.56 Å². The summed E-state index contributed by atoms with van der Waals surface area (Å²) in [7, 11) is 0. The molecule has 1 rings (SSSR count). The molecular formula is C7H2BrF4I. The van der Waals surface area contributed by atoms with Crippen LogP contribution in [0.5, 0.6) is 0 Å². The third-order valence-electron chi connectivity index (χ3n) is 1.33. The average Bonchev–Trinajstić information content (AvgIpc) is 1.95. The highest BCUT2D eigenvalue weighted by atomic mass is 127. The molecule has 0 aromatic heterocycles. The molecule has 0 unspecified atom stereocenters. The van der Waals surface area contributed by atoms with Crippen LogP contribution in [0.15, 0.2) is 16.6 Å². The Morgan fingerprint density at radius 3 is 2.15 bits per heavy atom. The molecule has 0 N–H and O–H groups in total. The monoisotopic (exact) mass is 368 g/mol. The second-order valence-electron chi connectivity index (χ2n) is 2.22. The molecule has 0 aliphatic carbocycles. The van der Waals surface area contributed by atoms with E-state index < -0.39 is 17.6 Å². The first-order chi connectivity index (χ1) is 5.84. The second-order valence-corrected chi connectivity index (χ2v) is 4.15. The highest BCUT2D eigenvalue weighted by molar-refractivity contribution is 14.1. The Hall–Kier alpha value is 0.150. The van der Waals surface area contributed by atoms with Gasteiger partial charge in [-0.05, 0) is 50.7 Å². The Morgan fingerprint density at radius 1 is 1.23 bits per heavy atom. The van der Waals surface area contributed by atoms with Crippen molar-refractivity contribution in [2.45, 2.75) is 6.18 Å². The van der Waals surface area contributed by atoms with Gasteiger partial charge < -0.3 is 0 Å². The molecule has 0 fully saturated rings. The molecule has 0 aliphatic rings. The van der Waals surface area contributed by atoms with Crippen LogP contribution in [0.4, 0.5) is 17.6 Å². The van der Waals surface area contributed by atoms with Crippen LogP contribution in [0.25, 0.3) is 0 Å². The van der Waals surface area contributed by atoms with Gasteiger partial charge in [0.15, 0.2) is 0 Å². The summed E-state index contributed by atoms with van der Waals surface area (Å²) < 4.78 is 49.5. The highest BCUT2D eigenvalue weighted by Gasteiger charge is 2.37. The van der Waals surface area contributed by atoms with E-state index in [1.54, 1.807) is 0 Å². The fraction of sp³-hybridized carbons (Fsp3) is 0.143. The van der Waals surface area contributed by atoms with Crippen molar-refractivity contribution >= 4 is 38.5 Å². The maximum atomic E-state index is 12.8. The lowest BCUT2D eigenvalue weighted by atomic mass is 10.2. The molecule has 0 nitrogen and oxygen atoms in total. The quantitative estimate of drug-likeness (QED) is 0.365. The van der Waals surface area contributed by atoms with Gasteiger partial charge in [-0.1, -0.05) is 0 Å². The zero-order valence-corrected chi connectivity index (χ0v) is 9.67. The summed E-state index contributed by atoms with van der Waals surface area (Å²) in [5.41, 5.74) is -1.22. The molecule has 1 aromatic rings. The lowest BCUT2D eigenvalue weighted by molar-refractivity contribution is -0.140. The third-order valence-corrected chi connectivity index (χ3v) is 3.85. The summed E-state index contributed by atoms with van der Waals surface area (Å²) in [5, 5.41) is 0. The molecule has 0 saturated carbocycles. The van der Waals surface area contributed by atoms with Crippen molar-refractivity contribution in [1.29, 1.82) is 0 Å². The van der Waals surface area contributed by atoms with Gasteiger partial charge in [0.25, 0.3) is 0 Å². The Morgan fingerprint density at radius 2 is 1.77 bits per heavy atom. The van der Waals surface area contributed by atoms with Crippen LogP contribution >= 0.6 is 38.5 Å². The van der Waals surface area contributed by atoms with E-state index in [0.29, 0.717) is 0 Å². The van der Waals surface area contributed by atoms with Crippen molar-refractivity contribution < 1.29 is 17.6 Å². The normalized spacial score (nSPS) is 11.8. The maximum Gasteiger partial charge on any atom is 0.420 e. The number of rotatable bonds is 0. The summed E-state index contributed by atoms with van der Waals surface area (Å²) in [6, 6.07) is 2.03. The molecular weight excluding hydrogens is 367 g/mol. The molecule has 72 valence electrons. The first-order valence-electron chi connectivity index (χ1n) is 3.04. The lowest BCUT2D eigenvalue weighted by Crippen LogP contribution is -2.10. The molecule has 0 saturated heterocycles. The number of hydrogen-bond donors (Lipinski definition) is 0. The van der Waals surface area contributed by atoms with E-state index >= 15 is 0 Å². The first kappa shape index (κ1) is 11.2. The minimum absolute atomic E-state index is 0.162. The molecule has 0 heterocycles. The van der Waals surface area contributed by atoms with Crippen LogP contribution in [0.3, 0.4) is 0 Å². The molecule has 0 atom stereocenters. The Bertz CT molecular complexity index is 334. The van der Waals surface area contributed by atoms with Crippen LogP contribution in [-0.4, -0.2) is 0 Å². The predicted octanol–water partition coefficient (Wildman–Crippen LogP) is 4.21. The number of halogens is 6. The largest absolute Gasteiger partial charge is 0.420 e. The van der Waals surface area contributed by atoms with Gasteiger partial charge in [0.1, 0.15) is 11.4 Å². The van der Waals surface area contributed by atoms with Crippen molar-refractivity contribution in [3.63, 3.8) is 0 Å². The third kappa shape index (κ3) is 2.34. The molecule has 1 aromatic carbocycles. The molecule has 0 amide bonds. The molecule has 0 aliphatic heterocycles. The van der Waals surface area contributed by atoms with Crippen molar-refractivity contribution in [3.05, 3.63) is 31.6 Å². The minimum atomic E-state index is -4.65. The molecule has 0 spiro atoms. The van der Waals surface area contributed by atoms with Crippen LogP contribution < -0.4 is 0 Å². The van der Waals surface area contributed by atoms with E-state index in [-0.39, 0.29) is 8.04 Å². The average molecular weight is 369 g/mol. The van der Waals surface area contributed by atoms with E-state index in [1.165, 1.54) is 28.7 Å². The van der Waals surface area contributed by atoms with E-state index in [9.17, 15) is 17.6 Å². The van der Waals surface area contributed by atoms with Gasteiger partial charge in [0.2, 0.25) is 0 Å². The smallest absolute Gasteiger partial charge is 0.206 e. The standard InChI is InChI=1S/C7H2BrF4I/c8-3-1-2-4(9)5(6(3)13)7(10,11)12/h1-2H. The van der Waals surface area contributed by atoms with Crippen molar-refractivity contribution in [1.82, 2.24) is 0 Å². The van der Waals surface area contributed by atoms with E-state index in [1.807, 2.05) is 0 Å². The summed E-state index contributed by atoms with van der Waals surface area (Å²) in [4.78, 5) is 0. The molecule has 0 bridgehead atoms. The summed E-state index contributed by atoms with van der Waals surface area (Å²) in [5.74, 6) is -1.25. The number of hydrogen-bond acceptors (Lipinski definition) is 0. The van der Waals surface area contributed by atoms with Crippen molar-refractivity contribution in [3.8, 4) is 0 Å². The fourth-order valence-electron chi connectivity index (χ4n) is 0.787. The molecule has 0 radical (unpaired) electrons. The van der Waals surface area contributed by atoms with Gasteiger partial charge >= 0.3 is 6.18 Å². The van der Waals surface area contributed by atoms with Gasteiger partial charge in [0.05, 0.1) is 0 Å². The fourth-order valence-corrected chi connectivity index (χ4v) is 1.86. The zero-order chi connectivity index (χ0) is 10.2. The van der Waals surface area contributed by atoms with E-state index in [0.717, 1.165) is 6.07 Å². The zero-order valence-electron chi connectivity index (χ0n) is 5.92. The van der Waals surface area contributed by atoms with Crippen LogP contribution in [0, 0.1) is 9.39 Å². The Labute approximate surface area is 93.6 Å². The minimum Gasteiger partial charge on any atom is -0.206 e. The lowest BCUT2D eigenvalue weighted by Gasteiger charge is -2.10. The van der Waals surface area contributed by atoms with Gasteiger partial charge in [-0.3, -0.25) is 0 Å². The van der Waals surface area contributed by atoms with Gasteiger partial charge in [0, 0.05) is 8.04 Å². The van der Waals surface area contributed by atoms with Gasteiger partial charge in [-0.15, -0.1) is 0 Å². The summed E-state index contributed by atoms with van der Waals surface area (Å²) in [6.07, 6.45) is -4.65. The van der Waals surface area contributed by atoms with Crippen LogP contribution in [0.2, 0.25) is 0 Å². The predicted molar refractivity (Wildman–Crippen MR) is 51.8 cm³/mol. The Balaban J connectivity index is 3.43. The second kappa shape index (κ2) is 3.72. The summed E-state index contributed by atoms with van der Waals surface area (Å²) >= 11 is 4.35. The number of benzene rings is 1. The van der Waals surface area contributed by atoms with Crippen LogP contribution in [-0.2, 0) is 6.18 Å². The van der Waals surface area contributed by atoms with E-state index in [2.05, 4.69) is 15.9 Å². The first-order valence-corrected chi connectivity index (χ1v) is 4.92.